The summed E-state index contributed by atoms with van der Waals surface area (Å²) >= 11 is 0. The lowest BCUT2D eigenvalue weighted by Crippen LogP contribution is -2.60. The molecule has 1 atom stereocenters. The molecule has 1 fully saturated rings. The third kappa shape index (κ3) is 4.32. The van der Waals surface area contributed by atoms with Crippen LogP contribution in [-0.2, 0) is 0 Å². The van der Waals surface area contributed by atoms with E-state index in [2.05, 4.69) is 20.6 Å². The summed E-state index contributed by atoms with van der Waals surface area (Å²) in [6.07, 6.45) is 3.04. The van der Waals surface area contributed by atoms with Gasteiger partial charge in [-0.25, -0.2) is 19.2 Å². The Hall–Kier alpha value is -3.20. The van der Waals surface area contributed by atoms with Crippen molar-refractivity contribution in [3.05, 3.63) is 47.7 Å². The molecule has 0 aliphatic carbocycles. The number of carbonyl (C=O) groups excluding carboxylic acids is 1. The van der Waals surface area contributed by atoms with Crippen LogP contribution in [0.4, 0.5) is 20.8 Å². The molecule has 1 aliphatic heterocycles. The van der Waals surface area contributed by atoms with E-state index in [0.29, 0.717) is 41.5 Å². The van der Waals surface area contributed by atoms with E-state index in [9.17, 15) is 14.3 Å². The number of aryl methyl sites for hydroxylation is 1. The van der Waals surface area contributed by atoms with Crippen molar-refractivity contribution < 1.29 is 18.7 Å². The smallest absolute Gasteiger partial charge is 0.319 e. The summed E-state index contributed by atoms with van der Waals surface area (Å²) in [5, 5.41) is 16.2. The summed E-state index contributed by atoms with van der Waals surface area (Å²) in [4.78, 5) is 23.0. The predicted molar refractivity (Wildman–Crippen MR) is 116 cm³/mol. The summed E-state index contributed by atoms with van der Waals surface area (Å²) in [5.41, 5.74) is 1.11. The Kier molecular flexibility index (Phi) is 5.30. The van der Waals surface area contributed by atoms with Gasteiger partial charge in [-0.3, -0.25) is 0 Å². The van der Waals surface area contributed by atoms with Crippen molar-refractivity contribution in [3.63, 3.8) is 0 Å². The summed E-state index contributed by atoms with van der Waals surface area (Å²) in [6, 6.07) is 3.55. The number of rotatable bonds is 5. The first kappa shape index (κ1) is 21.0. The predicted octanol–water partition coefficient (Wildman–Crippen LogP) is 3.76. The maximum atomic E-state index is 13.6. The number of amides is 2. The van der Waals surface area contributed by atoms with E-state index in [-0.39, 0.29) is 11.7 Å². The maximum absolute atomic E-state index is 13.6. The molecule has 2 amide bonds. The lowest BCUT2D eigenvalue weighted by Gasteiger charge is -2.44. The van der Waals surface area contributed by atoms with Gasteiger partial charge in [0.1, 0.15) is 17.2 Å². The molecular formula is C22H26FN5O3. The topological polar surface area (TPSA) is 104 Å². The normalized spacial score (nSPS) is 16.3. The molecule has 8 nitrogen and oxygen atoms in total. The summed E-state index contributed by atoms with van der Waals surface area (Å²) < 4.78 is 19.6. The number of carbonyl (C=O) groups is 1. The Balaban J connectivity index is 1.45. The summed E-state index contributed by atoms with van der Waals surface area (Å²) in [6.45, 7) is 8.49. The Labute approximate surface area is 179 Å². The number of nitrogens with one attached hydrogen (secondary N) is 2. The van der Waals surface area contributed by atoms with E-state index in [0.717, 1.165) is 5.56 Å². The van der Waals surface area contributed by atoms with Crippen LogP contribution in [0.25, 0.3) is 11.0 Å². The first-order chi connectivity index (χ1) is 14.6. The van der Waals surface area contributed by atoms with Crippen molar-refractivity contribution in [2.75, 3.05) is 23.3 Å². The molecule has 4 rings (SSSR count). The molecule has 0 radical (unpaired) electrons. The van der Waals surface area contributed by atoms with Crippen molar-refractivity contribution in [2.24, 2.45) is 5.92 Å². The van der Waals surface area contributed by atoms with Gasteiger partial charge in [-0.05, 0) is 38.0 Å². The molecule has 1 aliphatic rings. The quantitative estimate of drug-likeness (QED) is 0.573. The first-order valence-corrected chi connectivity index (χ1v) is 10.2. The second-order valence-electron chi connectivity index (χ2n) is 8.68. The molecule has 0 unspecified atom stereocenters. The van der Waals surface area contributed by atoms with E-state index < -0.39 is 17.7 Å². The largest absolute Gasteiger partial charge is 0.459 e. The van der Waals surface area contributed by atoms with Crippen molar-refractivity contribution in [3.8, 4) is 0 Å². The second kappa shape index (κ2) is 7.81. The molecule has 1 saturated heterocycles. The van der Waals surface area contributed by atoms with Crippen LogP contribution < -0.4 is 15.5 Å². The molecule has 31 heavy (non-hydrogen) atoms. The van der Waals surface area contributed by atoms with Crippen molar-refractivity contribution >= 4 is 28.6 Å². The second-order valence-corrected chi connectivity index (χ2v) is 8.68. The molecule has 3 heterocycles. The monoisotopic (exact) mass is 427 g/mol. The number of hydrogen-bond acceptors (Lipinski definition) is 6. The van der Waals surface area contributed by atoms with Gasteiger partial charge in [-0.2, -0.15) is 0 Å². The summed E-state index contributed by atoms with van der Waals surface area (Å²) in [5.74, 6) is 0.803. The van der Waals surface area contributed by atoms with Crippen molar-refractivity contribution in [1.82, 2.24) is 15.3 Å². The third-order valence-electron chi connectivity index (χ3n) is 5.41. The highest BCUT2D eigenvalue weighted by molar-refractivity contribution is 5.89. The number of benzene rings is 1. The molecule has 0 spiro atoms. The molecule has 0 bridgehead atoms. The van der Waals surface area contributed by atoms with Crippen molar-refractivity contribution in [1.29, 1.82) is 0 Å². The zero-order valence-corrected chi connectivity index (χ0v) is 17.9. The van der Waals surface area contributed by atoms with E-state index in [4.69, 9.17) is 4.42 Å². The number of fused-ring (bicyclic) bond motifs is 1. The molecule has 9 heteroatoms. The molecule has 164 valence electrons. The maximum Gasteiger partial charge on any atom is 0.319 e. The van der Waals surface area contributed by atoms with Crippen LogP contribution >= 0.6 is 0 Å². The fourth-order valence-electron chi connectivity index (χ4n) is 3.82. The Morgan fingerprint density at radius 3 is 2.58 bits per heavy atom. The van der Waals surface area contributed by atoms with Gasteiger partial charge in [0, 0.05) is 10.9 Å². The van der Waals surface area contributed by atoms with E-state index in [1.165, 1.54) is 24.5 Å². The summed E-state index contributed by atoms with van der Waals surface area (Å²) in [7, 11) is 0. The molecular weight excluding hydrogens is 401 g/mol. The fraction of sp³-hybridized carbons (Fsp3) is 0.409. The van der Waals surface area contributed by atoms with Gasteiger partial charge in [-0.15, -0.1) is 0 Å². The van der Waals surface area contributed by atoms with Gasteiger partial charge in [0.15, 0.2) is 0 Å². The SMILES string of the molecule is Cc1c([C@@H](NC(=O)Nc2cnc(N3CC(C)(O)C3)nc2)C(C)C)oc2ccc(F)cc12. The van der Waals surface area contributed by atoms with Crippen LogP contribution in [-0.4, -0.2) is 39.8 Å². The van der Waals surface area contributed by atoms with Crippen LogP contribution in [0.2, 0.25) is 0 Å². The van der Waals surface area contributed by atoms with Crippen LogP contribution in [0.15, 0.2) is 35.0 Å². The average Bonchev–Trinajstić information content (AvgIpc) is 3.00. The van der Waals surface area contributed by atoms with Crippen LogP contribution in [0, 0.1) is 18.7 Å². The molecule has 3 N–H and O–H groups in total. The molecule has 3 aromatic rings. The Morgan fingerprint density at radius 1 is 1.29 bits per heavy atom. The standard InChI is InChI=1S/C22H26FN5O3/c1-12(2)18(19-13(3)16-7-14(23)5-6-17(16)31-19)27-21(29)26-15-8-24-20(25-9-15)28-10-22(4,30)11-28/h5-9,12,18,30H,10-11H2,1-4H3,(H2,26,27,29)/t18-/m0/s1. The van der Waals surface area contributed by atoms with E-state index in [1.54, 1.807) is 13.0 Å². The number of furan rings is 1. The Bertz CT molecular complexity index is 1100. The van der Waals surface area contributed by atoms with Gasteiger partial charge in [0.05, 0.1) is 42.8 Å². The number of β-amino-alcohol motifs (C(OH)–C–C–N with tert-alkyl or cyclic N) is 1. The number of nitrogens with zero attached hydrogens (tertiary/aromatic N) is 3. The average molecular weight is 427 g/mol. The van der Waals surface area contributed by atoms with Gasteiger partial charge in [-0.1, -0.05) is 13.8 Å². The molecule has 2 aromatic heterocycles. The first-order valence-electron chi connectivity index (χ1n) is 10.2. The number of aromatic nitrogens is 2. The third-order valence-corrected chi connectivity index (χ3v) is 5.41. The van der Waals surface area contributed by atoms with Crippen LogP contribution in [0.5, 0.6) is 0 Å². The highest BCUT2D eigenvalue weighted by Gasteiger charge is 2.37. The van der Waals surface area contributed by atoms with Gasteiger partial charge in [0.25, 0.3) is 0 Å². The highest BCUT2D eigenvalue weighted by Crippen LogP contribution is 2.33. The zero-order chi connectivity index (χ0) is 22.3. The highest BCUT2D eigenvalue weighted by atomic mass is 19.1. The van der Waals surface area contributed by atoms with Gasteiger partial charge >= 0.3 is 6.03 Å². The minimum atomic E-state index is -0.716. The lowest BCUT2D eigenvalue weighted by atomic mass is 9.98. The lowest BCUT2D eigenvalue weighted by molar-refractivity contribution is 0.0300. The van der Waals surface area contributed by atoms with Crippen LogP contribution in [0.3, 0.4) is 0 Å². The number of halogens is 1. The van der Waals surface area contributed by atoms with Crippen LogP contribution in [0.1, 0.15) is 38.1 Å². The minimum Gasteiger partial charge on any atom is -0.459 e. The van der Waals surface area contributed by atoms with Crippen molar-refractivity contribution in [2.45, 2.75) is 39.3 Å². The van der Waals surface area contributed by atoms with E-state index in [1.807, 2.05) is 25.7 Å². The number of urea groups is 1. The Morgan fingerprint density at radius 2 is 1.97 bits per heavy atom. The number of hydrogen-bond donors (Lipinski definition) is 3. The number of anilines is 2. The fourth-order valence-corrected chi connectivity index (χ4v) is 3.82. The molecule has 0 saturated carbocycles. The van der Waals surface area contributed by atoms with E-state index >= 15 is 0 Å². The van der Waals surface area contributed by atoms with Gasteiger partial charge < -0.3 is 25.1 Å². The zero-order valence-electron chi connectivity index (χ0n) is 17.9. The molecule has 1 aromatic carbocycles. The van der Waals surface area contributed by atoms with Gasteiger partial charge in [0.2, 0.25) is 5.95 Å². The number of aliphatic hydroxyl groups is 1. The minimum absolute atomic E-state index is 0.0349.